The molecule has 2 nitrogen and oxygen atoms in total. The van der Waals surface area contributed by atoms with Crippen LogP contribution >= 0.6 is 0 Å². The standard InChI is InChI=1S/C16H21NO/c1-2-14-5-3-4-6-16(14)18-15-9-7-13(8-10-15)11-12-17/h7-10,14,16H,2-6,11H2,1H3. The predicted octanol–water partition coefficient (Wildman–Crippen LogP) is 4.10. The van der Waals surface area contributed by atoms with Gasteiger partial charge in [-0.1, -0.05) is 25.5 Å². The Morgan fingerprint density at radius 2 is 1.94 bits per heavy atom. The number of ether oxygens (including phenoxy) is 1. The van der Waals surface area contributed by atoms with Crippen molar-refractivity contribution in [1.29, 1.82) is 5.26 Å². The predicted molar refractivity (Wildman–Crippen MR) is 72.4 cm³/mol. The maximum atomic E-state index is 8.64. The van der Waals surface area contributed by atoms with Crippen LogP contribution in [0.25, 0.3) is 0 Å². The molecule has 0 spiro atoms. The molecule has 1 aliphatic carbocycles. The highest BCUT2D eigenvalue weighted by Crippen LogP contribution is 2.30. The third-order valence-corrected chi connectivity index (χ3v) is 3.86. The van der Waals surface area contributed by atoms with Gasteiger partial charge in [0.1, 0.15) is 11.9 Å². The molecule has 0 bridgehead atoms. The van der Waals surface area contributed by atoms with Crippen molar-refractivity contribution in [2.24, 2.45) is 5.92 Å². The van der Waals surface area contributed by atoms with Crippen molar-refractivity contribution in [3.63, 3.8) is 0 Å². The Morgan fingerprint density at radius 1 is 1.22 bits per heavy atom. The molecule has 96 valence electrons. The van der Waals surface area contributed by atoms with Crippen LogP contribution in [0.4, 0.5) is 0 Å². The molecule has 1 aromatic rings. The highest BCUT2D eigenvalue weighted by molar-refractivity contribution is 5.28. The van der Waals surface area contributed by atoms with Gasteiger partial charge in [-0.2, -0.15) is 5.26 Å². The van der Waals surface area contributed by atoms with Crippen molar-refractivity contribution in [3.05, 3.63) is 29.8 Å². The first-order valence-corrected chi connectivity index (χ1v) is 6.96. The highest BCUT2D eigenvalue weighted by Gasteiger charge is 2.25. The Morgan fingerprint density at radius 3 is 2.61 bits per heavy atom. The van der Waals surface area contributed by atoms with E-state index in [0.29, 0.717) is 18.4 Å². The van der Waals surface area contributed by atoms with Crippen LogP contribution in [0.1, 0.15) is 44.6 Å². The Balaban J connectivity index is 1.97. The molecule has 2 atom stereocenters. The molecule has 2 unspecified atom stereocenters. The number of hydrogen-bond acceptors (Lipinski definition) is 2. The van der Waals surface area contributed by atoms with Gasteiger partial charge < -0.3 is 4.74 Å². The summed E-state index contributed by atoms with van der Waals surface area (Å²) in [5, 5.41) is 8.64. The van der Waals surface area contributed by atoms with Crippen LogP contribution in [0.3, 0.4) is 0 Å². The Bertz CT molecular complexity index is 404. The molecule has 1 saturated carbocycles. The van der Waals surface area contributed by atoms with Crippen molar-refractivity contribution in [2.75, 3.05) is 0 Å². The summed E-state index contributed by atoms with van der Waals surface area (Å²) in [5.74, 6) is 1.65. The number of nitriles is 1. The number of nitrogens with zero attached hydrogens (tertiary/aromatic N) is 1. The van der Waals surface area contributed by atoms with Crippen molar-refractivity contribution in [1.82, 2.24) is 0 Å². The van der Waals surface area contributed by atoms with Crippen molar-refractivity contribution in [2.45, 2.75) is 51.6 Å². The molecule has 0 saturated heterocycles. The zero-order valence-electron chi connectivity index (χ0n) is 11.1. The maximum Gasteiger partial charge on any atom is 0.119 e. The Hall–Kier alpha value is -1.49. The van der Waals surface area contributed by atoms with Gasteiger partial charge in [-0.05, 0) is 49.3 Å². The Kier molecular flexibility index (Phi) is 4.64. The average molecular weight is 243 g/mol. The summed E-state index contributed by atoms with van der Waals surface area (Å²) in [6.07, 6.45) is 7.17. The van der Waals surface area contributed by atoms with E-state index in [0.717, 1.165) is 11.3 Å². The summed E-state index contributed by atoms with van der Waals surface area (Å²) >= 11 is 0. The third-order valence-electron chi connectivity index (χ3n) is 3.86. The molecular weight excluding hydrogens is 222 g/mol. The summed E-state index contributed by atoms with van der Waals surface area (Å²) in [6.45, 7) is 2.25. The van der Waals surface area contributed by atoms with E-state index in [9.17, 15) is 0 Å². The second-order valence-electron chi connectivity index (χ2n) is 5.09. The van der Waals surface area contributed by atoms with Crippen LogP contribution in [0.15, 0.2) is 24.3 Å². The summed E-state index contributed by atoms with van der Waals surface area (Å²) in [5.41, 5.74) is 1.06. The van der Waals surface area contributed by atoms with Gasteiger partial charge in [0.15, 0.2) is 0 Å². The van der Waals surface area contributed by atoms with Gasteiger partial charge in [-0.25, -0.2) is 0 Å². The normalized spacial score (nSPS) is 23.3. The molecule has 0 N–H and O–H groups in total. The van der Waals surface area contributed by atoms with E-state index in [2.05, 4.69) is 13.0 Å². The minimum absolute atomic E-state index is 0.380. The molecule has 0 amide bonds. The zero-order valence-corrected chi connectivity index (χ0v) is 11.1. The molecule has 1 aromatic carbocycles. The van der Waals surface area contributed by atoms with Gasteiger partial charge in [0.05, 0.1) is 12.5 Å². The molecule has 1 fully saturated rings. The molecule has 1 aliphatic rings. The summed E-state index contributed by atoms with van der Waals surface area (Å²) in [7, 11) is 0. The van der Waals surface area contributed by atoms with Gasteiger partial charge >= 0.3 is 0 Å². The second kappa shape index (κ2) is 6.44. The monoisotopic (exact) mass is 243 g/mol. The molecule has 0 aromatic heterocycles. The molecule has 0 radical (unpaired) electrons. The van der Waals surface area contributed by atoms with E-state index in [-0.39, 0.29) is 0 Å². The SMILES string of the molecule is CCC1CCCCC1Oc1ccc(CC#N)cc1. The van der Waals surface area contributed by atoms with Crippen molar-refractivity contribution in [3.8, 4) is 11.8 Å². The number of benzene rings is 1. The quantitative estimate of drug-likeness (QED) is 0.797. The topological polar surface area (TPSA) is 33.0 Å². The fourth-order valence-electron chi connectivity index (χ4n) is 2.75. The van der Waals surface area contributed by atoms with E-state index in [4.69, 9.17) is 10.00 Å². The molecule has 2 heteroatoms. The van der Waals surface area contributed by atoms with Crippen molar-refractivity contribution >= 4 is 0 Å². The smallest absolute Gasteiger partial charge is 0.119 e. The Labute approximate surface area is 110 Å². The van der Waals surface area contributed by atoms with Gasteiger partial charge in [0.25, 0.3) is 0 Å². The van der Waals surface area contributed by atoms with Gasteiger partial charge in [0.2, 0.25) is 0 Å². The lowest BCUT2D eigenvalue weighted by molar-refractivity contribution is 0.0904. The minimum Gasteiger partial charge on any atom is -0.490 e. The third kappa shape index (κ3) is 3.26. The van der Waals surface area contributed by atoms with Gasteiger partial charge in [0, 0.05) is 0 Å². The largest absolute Gasteiger partial charge is 0.490 e. The van der Waals surface area contributed by atoms with E-state index >= 15 is 0 Å². The van der Waals surface area contributed by atoms with Crippen LogP contribution < -0.4 is 4.74 Å². The molecule has 2 rings (SSSR count). The molecule has 18 heavy (non-hydrogen) atoms. The van der Waals surface area contributed by atoms with E-state index in [1.165, 1.54) is 32.1 Å². The maximum absolute atomic E-state index is 8.64. The fraction of sp³-hybridized carbons (Fsp3) is 0.562. The summed E-state index contributed by atoms with van der Waals surface area (Å²) in [4.78, 5) is 0. The zero-order chi connectivity index (χ0) is 12.8. The lowest BCUT2D eigenvalue weighted by Gasteiger charge is -2.31. The van der Waals surface area contributed by atoms with Crippen LogP contribution in [-0.2, 0) is 6.42 Å². The molecular formula is C16H21NO. The lowest BCUT2D eigenvalue weighted by atomic mass is 9.85. The average Bonchev–Trinajstić information content (AvgIpc) is 2.42. The second-order valence-corrected chi connectivity index (χ2v) is 5.09. The van der Waals surface area contributed by atoms with Crippen molar-refractivity contribution < 1.29 is 4.74 Å². The van der Waals surface area contributed by atoms with Crippen LogP contribution in [0, 0.1) is 17.2 Å². The van der Waals surface area contributed by atoms with Crippen LogP contribution in [-0.4, -0.2) is 6.10 Å². The number of rotatable bonds is 4. The van der Waals surface area contributed by atoms with E-state index < -0.39 is 0 Å². The number of hydrogen-bond donors (Lipinski definition) is 0. The minimum atomic E-state index is 0.380. The van der Waals surface area contributed by atoms with Crippen LogP contribution in [0.5, 0.6) is 5.75 Å². The first-order valence-electron chi connectivity index (χ1n) is 6.96. The van der Waals surface area contributed by atoms with E-state index in [1.54, 1.807) is 0 Å². The van der Waals surface area contributed by atoms with Gasteiger partial charge in [-0.15, -0.1) is 0 Å². The highest BCUT2D eigenvalue weighted by atomic mass is 16.5. The first-order chi connectivity index (χ1) is 8.83. The van der Waals surface area contributed by atoms with Gasteiger partial charge in [-0.3, -0.25) is 0 Å². The lowest BCUT2D eigenvalue weighted by Crippen LogP contribution is -2.29. The summed E-state index contributed by atoms with van der Waals surface area (Å²) in [6, 6.07) is 10.1. The molecule has 0 heterocycles. The first kappa shape index (κ1) is 13.0. The molecule has 0 aliphatic heterocycles. The van der Waals surface area contributed by atoms with E-state index in [1.807, 2.05) is 24.3 Å². The summed E-state index contributed by atoms with van der Waals surface area (Å²) < 4.78 is 6.11. The fourth-order valence-corrected chi connectivity index (χ4v) is 2.75. The van der Waals surface area contributed by atoms with Crippen LogP contribution in [0.2, 0.25) is 0 Å².